The van der Waals surface area contributed by atoms with Crippen LogP contribution in [0.3, 0.4) is 0 Å². The second-order valence-electron chi connectivity index (χ2n) is 4.83. The molecule has 0 radical (unpaired) electrons. The van der Waals surface area contributed by atoms with E-state index in [1.165, 1.54) is 0 Å². The zero-order valence-corrected chi connectivity index (χ0v) is 11.7. The van der Waals surface area contributed by atoms with Gasteiger partial charge in [-0.2, -0.15) is 0 Å². The Kier molecular flexibility index (Phi) is 3.52. The highest BCUT2D eigenvalue weighted by atomic mass is 32.1. The number of nitrogens with one attached hydrogen (secondary N) is 1. The number of ether oxygens (including phenoxy) is 1. The quantitative estimate of drug-likeness (QED) is 0.904. The molecular weight excluding hydrogens is 274 g/mol. The lowest BCUT2D eigenvalue weighted by Gasteiger charge is -2.20. The highest BCUT2D eigenvalue weighted by molar-refractivity contribution is 7.13. The smallest absolute Gasteiger partial charge is 0.246 e. The minimum Gasteiger partial charge on any atom is -0.379 e. The van der Waals surface area contributed by atoms with E-state index in [0.29, 0.717) is 13.0 Å². The number of carbonyl (C=O) groups excluding carboxylic acids is 1. The van der Waals surface area contributed by atoms with Crippen LogP contribution in [-0.2, 0) is 9.53 Å². The predicted molar refractivity (Wildman–Crippen MR) is 78.5 cm³/mol. The minimum atomic E-state index is -0.909. The molecule has 2 heterocycles. The Bertz CT molecular complexity index is 589. The fraction of sp³-hybridized carbons (Fsp3) is 0.286. The lowest BCUT2D eigenvalue weighted by molar-refractivity contribution is -0.121. The third kappa shape index (κ3) is 2.58. The number of nitrogens with two attached hydrogens (primary N) is 1. The van der Waals surface area contributed by atoms with E-state index in [1.807, 2.05) is 29.6 Å². The highest BCUT2D eigenvalue weighted by Crippen LogP contribution is 2.24. The van der Waals surface area contributed by atoms with E-state index >= 15 is 0 Å². The lowest BCUT2D eigenvalue weighted by atomic mass is 9.99. The molecule has 1 aliphatic rings. The van der Waals surface area contributed by atoms with Gasteiger partial charge in [-0.05, 0) is 30.7 Å². The van der Waals surface area contributed by atoms with Gasteiger partial charge in [0.1, 0.15) is 10.5 Å². The SMILES string of the molecule is NC1(C(=O)Nc2ccc(-c3nccs3)cc2)CCOC1. The van der Waals surface area contributed by atoms with Crippen molar-refractivity contribution in [2.24, 2.45) is 5.73 Å². The van der Waals surface area contributed by atoms with Crippen LogP contribution in [0, 0.1) is 0 Å². The first-order valence-electron chi connectivity index (χ1n) is 6.35. The molecule has 1 unspecified atom stereocenters. The Hall–Kier alpha value is -1.76. The molecule has 104 valence electrons. The Morgan fingerprint density at radius 3 is 2.80 bits per heavy atom. The summed E-state index contributed by atoms with van der Waals surface area (Å²) >= 11 is 1.58. The molecule has 1 aromatic heterocycles. The average molecular weight is 289 g/mol. The summed E-state index contributed by atoms with van der Waals surface area (Å²) in [7, 11) is 0. The molecule has 0 spiro atoms. The van der Waals surface area contributed by atoms with Crippen molar-refractivity contribution in [3.05, 3.63) is 35.8 Å². The normalized spacial score (nSPS) is 21.9. The van der Waals surface area contributed by atoms with Crippen LogP contribution in [0.25, 0.3) is 10.6 Å². The number of nitrogens with zero attached hydrogens (tertiary/aromatic N) is 1. The third-order valence-electron chi connectivity index (χ3n) is 3.33. The first-order chi connectivity index (χ1) is 9.67. The van der Waals surface area contributed by atoms with Gasteiger partial charge < -0.3 is 15.8 Å². The van der Waals surface area contributed by atoms with Crippen molar-refractivity contribution in [2.75, 3.05) is 18.5 Å². The zero-order chi connectivity index (χ0) is 14.0. The molecule has 1 aromatic carbocycles. The molecule has 6 heteroatoms. The molecule has 0 aliphatic carbocycles. The monoisotopic (exact) mass is 289 g/mol. The summed E-state index contributed by atoms with van der Waals surface area (Å²) in [5, 5.41) is 5.73. The second-order valence-corrected chi connectivity index (χ2v) is 5.72. The lowest BCUT2D eigenvalue weighted by Crippen LogP contribution is -2.51. The Morgan fingerprint density at radius 2 is 2.20 bits per heavy atom. The molecule has 1 fully saturated rings. The van der Waals surface area contributed by atoms with E-state index in [4.69, 9.17) is 10.5 Å². The maximum atomic E-state index is 12.1. The maximum absolute atomic E-state index is 12.1. The summed E-state index contributed by atoms with van der Waals surface area (Å²) in [6.07, 6.45) is 2.32. The fourth-order valence-corrected chi connectivity index (χ4v) is 2.72. The first kappa shape index (κ1) is 13.2. The van der Waals surface area contributed by atoms with Gasteiger partial charge in [0.05, 0.1) is 6.61 Å². The largest absolute Gasteiger partial charge is 0.379 e. The number of carbonyl (C=O) groups is 1. The molecule has 1 aliphatic heterocycles. The van der Waals surface area contributed by atoms with Crippen molar-refractivity contribution in [2.45, 2.75) is 12.0 Å². The van der Waals surface area contributed by atoms with Crippen LogP contribution in [0.15, 0.2) is 35.8 Å². The number of hydrogen-bond donors (Lipinski definition) is 2. The summed E-state index contributed by atoms with van der Waals surface area (Å²) in [5.41, 5.74) is 6.86. The molecule has 20 heavy (non-hydrogen) atoms. The number of benzene rings is 1. The van der Waals surface area contributed by atoms with E-state index in [9.17, 15) is 4.79 Å². The number of hydrogen-bond acceptors (Lipinski definition) is 5. The highest BCUT2D eigenvalue weighted by Gasteiger charge is 2.38. The van der Waals surface area contributed by atoms with Crippen LogP contribution in [0.5, 0.6) is 0 Å². The molecule has 1 atom stereocenters. The summed E-state index contributed by atoms with van der Waals surface area (Å²) in [6.45, 7) is 0.808. The minimum absolute atomic E-state index is 0.197. The summed E-state index contributed by atoms with van der Waals surface area (Å²) in [6, 6.07) is 7.58. The van der Waals surface area contributed by atoms with Crippen LogP contribution in [0.2, 0.25) is 0 Å². The molecule has 0 bridgehead atoms. The van der Waals surface area contributed by atoms with E-state index in [1.54, 1.807) is 17.5 Å². The van der Waals surface area contributed by atoms with E-state index in [0.717, 1.165) is 16.3 Å². The standard InChI is InChI=1S/C14H15N3O2S/c15-14(5-7-19-9-14)13(18)17-11-3-1-10(2-4-11)12-16-6-8-20-12/h1-4,6,8H,5,7,9,15H2,(H,17,18). The van der Waals surface area contributed by atoms with Gasteiger partial charge in [0.25, 0.3) is 0 Å². The summed E-state index contributed by atoms with van der Waals surface area (Å²) < 4.78 is 5.19. The molecule has 5 nitrogen and oxygen atoms in total. The van der Waals surface area contributed by atoms with Gasteiger partial charge in [0, 0.05) is 29.4 Å². The second kappa shape index (κ2) is 5.32. The van der Waals surface area contributed by atoms with Crippen molar-refractivity contribution in [3.63, 3.8) is 0 Å². The van der Waals surface area contributed by atoms with Gasteiger partial charge in [0.2, 0.25) is 5.91 Å². The van der Waals surface area contributed by atoms with Crippen molar-refractivity contribution < 1.29 is 9.53 Å². The summed E-state index contributed by atoms with van der Waals surface area (Å²) in [5.74, 6) is -0.197. The predicted octanol–water partition coefficient (Wildman–Crippen LogP) is 1.87. The average Bonchev–Trinajstić information content (AvgIpc) is 3.11. The summed E-state index contributed by atoms with van der Waals surface area (Å²) in [4.78, 5) is 16.4. The van der Waals surface area contributed by atoms with Crippen LogP contribution in [0.4, 0.5) is 5.69 Å². The first-order valence-corrected chi connectivity index (χ1v) is 7.23. The molecule has 1 amide bonds. The van der Waals surface area contributed by atoms with Crippen molar-refractivity contribution >= 4 is 22.9 Å². The topological polar surface area (TPSA) is 77.2 Å². The number of amides is 1. The van der Waals surface area contributed by atoms with Crippen LogP contribution in [-0.4, -0.2) is 29.6 Å². The van der Waals surface area contributed by atoms with Gasteiger partial charge >= 0.3 is 0 Å². The van der Waals surface area contributed by atoms with Gasteiger partial charge in [0.15, 0.2) is 0 Å². The Balaban J connectivity index is 1.71. The number of rotatable bonds is 3. The van der Waals surface area contributed by atoms with Gasteiger partial charge in [-0.1, -0.05) is 0 Å². The van der Waals surface area contributed by atoms with Crippen molar-refractivity contribution in [1.82, 2.24) is 4.98 Å². The van der Waals surface area contributed by atoms with E-state index < -0.39 is 5.54 Å². The van der Waals surface area contributed by atoms with Crippen LogP contribution in [0.1, 0.15) is 6.42 Å². The van der Waals surface area contributed by atoms with E-state index in [2.05, 4.69) is 10.3 Å². The molecule has 3 N–H and O–H groups in total. The fourth-order valence-electron chi connectivity index (χ4n) is 2.08. The van der Waals surface area contributed by atoms with Gasteiger partial charge in [-0.3, -0.25) is 4.79 Å². The maximum Gasteiger partial charge on any atom is 0.246 e. The van der Waals surface area contributed by atoms with Crippen molar-refractivity contribution in [3.8, 4) is 10.6 Å². The van der Waals surface area contributed by atoms with E-state index in [-0.39, 0.29) is 12.5 Å². The molecule has 1 saturated heterocycles. The molecular formula is C14H15N3O2S. The van der Waals surface area contributed by atoms with Crippen molar-refractivity contribution in [1.29, 1.82) is 0 Å². The van der Waals surface area contributed by atoms with Gasteiger partial charge in [-0.25, -0.2) is 4.98 Å². The number of anilines is 1. The Morgan fingerprint density at radius 1 is 1.40 bits per heavy atom. The molecule has 3 rings (SSSR count). The number of thiazole rings is 1. The number of aromatic nitrogens is 1. The van der Waals surface area contributed by atoms with Crippen LogP contribution < -0.4 is 11.1 Å². The Labute approximate surface area is 120 Å². The molecule has 0 saturated carbocycles. The zero-order valence-electron chi connectivity index (χ0n) is 10.8. The molecule has 2 aromatic rings. The van der Waals surface area contributed by atoms with Gasteiger partial charge in [-0.15, -0.1) is 11.3 Å². The van der Waals surface area contributed by atoms with Crippen LogP contribution >= 0.6 is 11.3 Å². The third-order valence-corrected chi connectivity index (χ3v) is 4.15.